The summed E-state index contributed by atoms with van der Waals surface area (Å²) in [5.74, 6) is -0.877. The molecule has 2 rings (SSSR count). The summed E-state index contributed by atoms with van der Waals surface area (Å²) in [5.41, 5.74) is 3.33. The second-order valence-electron chi connectivity index (χ2n) is 6.61. The van der Waals surface area contributed by atoms with Gasteiger partial charge in [0.25, 0.3) is 0 Å². The average molecular weight is 382 g/mol. The third kappa shape index (κ3) is 7.32. The molecule has 0 aliphatic heterocycles. The number of carbonyl (C=O) groups excluding carboxylic acids is 3. The van der Waals surface area contributed by atoms with E-state index in [-0.39, 0.29) is 31.1 Å². The minimum Gasteiger partial charge on any atom is -0.289 e. The van der Waals surface area contributed by atoms with Crippen molar-refractivity contribution in [2.75, 3.05) is 6.54 Å². The first-order valence-corrected chi connectivity index (χ1v) is 9.44. The summed E-state index contributed by atoms with van der Waals surface area (Å²) in [4.78, 5) is 37.9. The molecule has 28 heavy (non-hydrogen) atoms. The molecule has 0 unspecified atom stereocenters. The van der Waals surface area contributed by atoms with E-state index in [1.807, 2.05) is 60.7 Å². The molecule has 148 valence electrons. The number of unbranched alkanes of at least 4 members (excludes halogenated alkanes) is 2. The van der Waals surface area contributed by atoms with Crippen molar-refractivity contribution in [3.05, 3.63) is 71.8 Å². The van der Waals surface area contributed by atoms with E-state index in [4.69, 9.17) is 5.21 Å². The number of nitrogens with zero attached hydrogens (tertiary/aromatic N) is 1. The summed E-state index contributed by atoms with van der Waals surface area (Å²) >= 11 is 0. The minimum atomic E-state index is -0.433. The van der Waals surface area contributed by atoms with E-state index in [0.29, 0.717) is 25.8 Å². The van der Waals surface area contributed by atoms with Gasteiger partial charge >= 0.3 is 0 Å². The highest BCUT2D eigenvalue weighted by Crippen LogP contribution is 2.10. The van der Waals surface area contributed by atoms with Gasteiger partial charge in [-0.15, -0.1) is 0 Å². The molecule has 6 heteroatoms. The van der Waals surface area contributed by atoms with Crippen LogP contribution in [0.5, 0.6) is 0 Å². The summed E-state index contributed by atoms with van der Waals surface area (Å²) in [6.45, 7) is 0.318. The highest BCUT2D eigenvalue weighted by atomic mass is 16.5. The highest BCUT2D eigenvalue weighted by Gasteiger charge is 2.21. The SMILES string of the molecule is O=C(CCCCCN(C(=O)Cc1ccccc1)C(=O)Cc1ccccc1)NO. The Morgan fingerprint density at radius 2 is 1.25 bits per heavy atom. The van der Waals surface area contributed by atoms with Crippen LogP contribution >= 0.6 is 0 Å². The molecule has 0 aliphatic carbocycles. The molecular formula is C22H26N2O4. The molecule has 0 heterocycles. The van der Waals surface area contributed by atoms with E-state index in [2.05, 4.69) is 0 Å². The summed E-state index contributed by atoms with van der Waals surface area (Å²) in [6.07, 6.45) is 2.44. The van der Waals surface area contributed by atoms with Crippen LogP contribution in [0.25, 0.3) is 0 Å². The van der Waals surface area contributed by atoms with Gasteiger partial charge in [0, 0.05) is 13.0 Å². The first kappa shape index (κ1) is 21.3. The van der Waals surface area contributed by atoms with Crippen molar-refractivity contribution in [3.63, 3.8) is 0 Å². The Kier molecular flexibility index (Phi) is 8.88. The number of nitrogens with one attached hydrogen (secondary N) is 1. The van der Waals surface area contributed by atoms with Crippen molar-refractivity contribution in [1.82, 2.24) is 10.4 Å². The minimum absolute atomic E-state index is 0.175. The number of amides is 3. The summed E-state index contributed by atoms with van der Waals surface area (Å²) in [5, 5.41) is 8.51. The molecule has 0 saturated heterocycles. The standard InChI is InChI=1S/C22H26N2O4/c25-20(23-28)14-8-3-9-15-24(21(26)16-18-10-4-1-5-11-18)22(27)17-19-12-6-2-7-13-19/h1-2,4-7,10-13,28H,3,8-9,14-17H2,(H,23,25). The smallest absolute Gasteiger partial charge is 0.243 e. The number of benzene rings is 2. The second kappa shape index (κ2) is 11.7. The van der Waals surface area contributed by atoms with Crippen LogP contribution in [0.4, 0.5) is 0 Å². The van der Waals surface area contributed by atoms with Crippen molar-refractivity contribution in [1.29, 1.82) is 0 Å². The Morgan fingerprint density at radius 1 is 0.750 bits per heavy atom. The topological polar surface area (TPSA) is 86.7 Å². The summed E-state index contributed by atoms with van der Waals surface area (Å²) < 4.78 is 0. The first-order chi connectivity index (χ1) is 13.6. The molecule has 0 bridgehead atoms. The van der Waals surface area contributed by atoms with Crippen molar-refractivity contribution in [2.24, 2.45) is 0 Å². The van der Waals surface area contributed by atoms with Crippen molar-refractivity contribution in [2.45, 2.75) is 38.5 Å². The van der Waals surface area contributed by atoms with Gasteiger partial charge in [-0.25, -0.2) is 5.48 Å². The van der Waals surface area contributed by atoms with Gasteiger partial charge in [0.1, 0.15) is 0 Å². The molecule has 0 fully saturated rings. The molecule has 0 spiro atoms. The molecule has 2 aromatic carbocycles. The lowest BCUT2D eigenvalue weighted by Crippen LogP contribution is -2.39. The molecule has 0 radical (unpaired) electrons. The van der Waals surface area contributed by atoms with Crippen LogP contribution in [0.3, 0.4) is 0 Å². The molecule has 2 N–H and O–H groups in total. The fourth-order valence-corrected chi connectivity index (χ4v) is 2.91. The maximum Gasteiger partial charge on any atom is 0.243 e. The van der Waals surface area contributed by atoms with Crippen LogP contribution in [0.1, 0.15) is 36.8 Å². The quantitative estimate of drug-likeness (QED) is 0.376. The van der Waals surface area contributed by atoms with Gasteiger partial charge in [-0.3, -0.25) is 24.5 Å². The van der Waals surface area contributed by atoms with Gasteiger partial charge in [-0.1, -0.05) is 67.1 Å². The van der Waals surface area contributed by atoms with Crippen LogP contribution in [-0.2, 0) is 27.2 Å². The van der Waals surface area contributed by atoms with Gasteiger partial charge in [0.15, 0.2) is 0 Å². The van der Waals surface area contributed by atoms with Gasteiger partial charge in [-0.05, 0) is 24.0 Å². The zero-order valence-electron chi connectivity index (χ0n) is 15.8. The van der Waals surface area contributed by atoms with Crippen molar-refractivity contribution < 1.29 is 19.6 Å². The Labute approximate surface area is 165 Å². The Morgan fingerprint density at radius 3 is 1.71 bits per heavy atom. The zero-order chi connectivity index (χ0) is 20.2. The number of hydrogen-bond acceptors (Lipinski definition) is 4. The molecule has 0 atom stereocenters. The van der Waals surface area contributed by atoms with Crippen molar-refractivity contribution >= 4 is 17.7 Å². The van der Waals surface area contributed by atoms with Gasteiger partial charge in [-0.2, -0.15) is 0 Å². The summed E-state index contributed by atoms with van der Waals surface area (Å²) in [7, 11) is 0. The fraction of sp³-hybridized carbons (Fsp3) is 0.318. The van der Waals surface area contributed by atoms with E-state index >= 15 is 0 Å². The summed E-state index contributed by atoms with van der Waals surface area (Å²) in [6, 6.07) is 18.7. The van der Waals surface area contributed by atoms with Crippen LogP contribution < -0.4 is 5.48 Å². The highest BCUT2D eigenvalue weighted by molar-refractivity contribution is 5.97. The predicted molar refractivity (Wildman–Crippen MR) is 105 cm³/mol. The molecular weight excluding hydrogens is 356 g/mol. The third-order valence-electron chi connectivity index (χ3n) is 4.41. The zero-order valence-corrected chi connectivity index (χ0v) is 15.8. The third-order valence-corrected chi connectivity index (χ3v) is 4.41. The van der Waals surface area contributed by atoms with Gasteiger partial charge in [0.2, 0.25) is 17.7 Å². The number of hydrogen-bond donors (Lipinski definition) is 2. The lowest BCUT2D eigenvalue weighted by Gasteiger charge is -2.21. The molecule has 0 aromatic heterocycles. The first-order valence-electron chi connectivity index (χ1n) is 9.44. The molecule has 3 amide bonds. The van der Waals surface area contributed by atoms with E-state index in [1.54, 1.807) is 5.48 Å². The lowest BCUT2D eigenvalue weighted by molar-refractivity contribution is -0.144. The maximum absolute atomic E-state index is 12.8. The van der Waals surface area contributed by atoms with Gasteiger partial charge < -0.3 is 0 Å². The second-order valence-corrected chi connectivity index (χ2v) is 6.61. The molecule has 0 aliphatic rings. The van der Waals surface area contributed by atoms with Crippen LogP contribution in [-0.4, -0.2) is 34.4 Å². The Balaban J connectivity index is 1.96. The van der Waals surface area contributed by atoms with Crippen LogP contribution in [0, 0.1) is 0 Å². The number of carbonyl (C=O) groups is 3. The predicted octanol–water partition coefficient (Wildman–Crippen LogP) is 2.89. The fourth-order valence-electron chi connectivity index (χ4n) is 2.91. The van der Waals surface area contributed by atoms with Crippen LogP contribution in [0.15, 0.2) is 60.7 Å². The van der Waals surface area contributed by atoms with Crippen LogP contribution in [0.2, 0.25) is 0 Å². The normalized spacial score (nSPS) is 10.3. The Hall–Kier alpha value is -2.99. The van der Waals surface area contributed by atoms with E-state index < -0.39 is 5.91 Å². The van der Waals surface area contributed by atoms with Gasteiger partial charge in [0.05, 0.1) is 12.8 Å². The number of rotatable bonds is 10. The number of imide groups is 1. The molecule has 6 nitrogen and oxygen atoms in total. The number of hydroxylamine groups is 1. The monoisotopic (exact) mass is 382 g/mol. The van der Waals surface area contributed by atoms with E-state index in [9.17, 15) is 14.4 Å². The molecule has 0 saturated carbocycles. The van der Waals surface area contributed by atoms with Crippen molar-refractivity contribution in [3.8, 4) is 0 Å². The lowest BCUT2D eigenvalue weighted by atomic mass is 10.1. The largest absolute Gasteiger partial charge is 0.289 e. The van der Waals surface area contributed by atoms with E-state index in [0.717, 1.165) is 11.1 Å². The molecule has 2 aromatic rings. The Bertz CT molecular complexity index is 709. The maximum atomic E-state index is 12.8. The average Bonchev–Trinajstić information content (AvgIpc) is 2.71. The van der Waals surface area contributed by atoms with E-state index in [1.165, 1.54) is 4.90 Å².